The molecule has 2 aromatic rings. The summed E-state index contributed by atoms with van der Waals surface area (Å²) in [4.78, 5) is 29.2. The number of urea groups is 1. The Morgan fingerprint density at radius 2 is 1.79 bits per heavy atom. The van der Waals surface area contributed by atoms with Crippen LogP contribution in [0.4, 0.5) is 10.5 Å². The van der Waals surface area contributed by atoms with E-state index >= 15 is 0 Å². The summed E-state index contributed by atoms with van der Waals surface area (Å²) in [7, 11) is 3.06. The summed E-state index contributed by atoms with van der Waals surface area (Å²) in [6, 6.07) is 5.11. The van der Waals surface area contributed by atoms with Gasteiger partial charge in [0, 0.05) is 38.3 Å². The lowest BCUT2D eigenvalue weighted by atomic mass is 9.78. The number of benzene rings is 1. The van der Waals surface area contributed by atoms with Gasteiger partial charge in [0.05, 0.1) is 24.9 Å². The minimum absolute atomic E-state index is 0.0483. The van der Waals surface area contributed by atoms with E-state index in [1.54, 1.807) is 29.5 Å². The van der Waals surface area contributed by atoms with Crippen LogP contribution in [0.3, 0.4) is 0 Å². The van der Waals surface area contributed by atoms with Crippen molar-refractivity contribution in [3.8, 4) is 11.5 Å². The molecule has 7 nitrogen and oxygen atoms in total. The zero-order valence-corrected chi connectivity index (χ0v) is 20.4. The number of amides is 3. The maximum absolute atomic E-state index is 13.0. The minimum atomic E-state index is -0.177. The number of methoxy groups -OCH3 is 2. The molecule has 2 saturated heterocycles. The number of thiophene rings is 1. The smallest absolute Gasteiger partial charge is 0.321 e. The molecular weight excluding hydrogens is 462 g/mol. The SMILES string of the molecule is COc1cc(OC)c(NC(=O)N2CCC3(CCN(C(=O)/C=C/c4ccsc4)CC3)C2)cc1Cl. The molecule has 176 valence electrons. The molecule has 3 amide bonds. The lowest BCUT2D eigenvalue weighted by Crippen LogP contribution is -2.44. The number of hydrogen-bond donors (Lipinski definition) is 1. The van der Waals surface area contributed by atoms with Crippen molar-refractivity contribution >= 4 is 46.6 Å². The largest absolute Gasteiger partial charge is 0.495 e. The number of likely N-dealkylation sites (tertiary alicyclic amines) is 2. The molecule has 4 rings (SSSR count). The predicted octanol–water partition coefficient (Wildman–Crippen LogP) is 4.98. The van der Waals surface area contributed by atoms with E-state index in [9.17, 15) is 9.59 Å². The molecule has 1 aromatic heterocycles. The molecule has 0 saturated carbocycles. The zero-order chi connectivity index (χ0) is 23.4. The van der Waals surface area contributed by atoms with Crippen molar-refractivity contribution in [3.05, 3.63) is 45.6 Å². The van der Waals surface area contributed by atoms with Crippen molar-refractivity contribution in [2.24, 2.45) is 5.41 Å². The summed E-state index contributed by atoms with van der Waals surface area (Å²) in [5, 5.41) is 7.34. The van der Waals surface area contributed by atoms with Gasteiger partial charge in [-0.05, 0) is 59.2 Å². The Hall–Kier alpha value is -2.71. The molecule has 0 unspecified atom stereocenters. The third-order valence-corrected chi connectivity index (χ3v) is 7.54. The van der Waals surface area contributed by atoms with E-state index in [0.29, 0.717) is 48.4 Å². The van der Waals surface area contributed by atoms with Crippen LogP contribution in [0.5, 0.6) is 11.5 Å². The molecule has 0 atom stereocenters. The van der Waals surface area contributed by atoms with E-state index in [1.807, 2.05) is 32.7 Å². The van der Waals surface area contributed by atoms with Crippen molar-refractivity contribution < 1.29 is 19.1 Å². The van der Waals surface area contributed by atoms with Crippen LogP contribution in [0.15, 0.2) is 35.0 Å². The molecule has 2 aliphatic heterocycles. The highest BCUT2D eigenvalue weighted by Gasteiger charge is 2.42. The van der Waals surface area contributed by atoms with E-state index < -0.39 is 0 Å². The first-order valence-electron chi connectivity index (χ1n) is 10.9. The lowest BCUT2D eigenvalue weighted by Gasteiger charge is -2.38. The Labute approximate surface area is 202 Å². The van der Waals surface area contributed by atoms with E-state index in [-0.39, 0.29) is 17.4 Å². The van der Waals surface area contributed by atoms with Gasteiger partial charge in [0.1, 0.15) is 11.5 Å². The number of carbonyl (C=O) groups excluding carboxylic acids is 2. The van der Waals surface area contributed by atoms with Crippen LogP contribution in [-0.2, 0) is 4.79 Å². The van der Waals surface area contributed by atoms with Gasteiger partial charge in [0.2, 0.25) is 5.91 Å². The van der Waals surface area contributed by atoms with Gasteiger partial charge in [-0.2, -0.15) is 11.3 Å². The first-order chi connectivity index (χ1) is 15.9. The quantitative estimate of drug-likeness (QED) is 0.601. The highest BCUT2D eigenvalue weighted by molar-refractivity contribution is 7.08. The van der Waals surface area contributed by atoms with Gasteiger partial charge in [0.15, 0.2) is 0 Å². The van der Waals surface area contributed by atoms with Gasteiger partial charge in [0.25, 0.3) is 0 Å². The van der Waals surface area contributed by atoms with Crippen LogP contribution >= 0.6 is 22.9 Å². The maximum atomic E-state index is 13.0. The number of hydrogen-bond acceptors (Lipinski definition) is 5. The highest BCUT2D eigenvalue weighted by Crippen LogP contribution is 2.41. The van der Waals surface area contributed by atoms with Crippen molar-refractivity contribution in [1.82, 2.24) is 9.80 Å². The molecule has 0 radical (unpaired) electrons. The number of piperidine rings is 1. The van der Waals surface area contributed by atoms with E-state index in [0.717, 1.165) is 24.8 Å². The van der Waals surface area contributed by atoms with Crippen LogP contribution in [0, 0.1) is 5.41 Å². The van der Waals surface area contributed by atoms with Crippen LogP contribution in [0.25, 0.3) is 6.08 Å². The van der Waals surface area contributed by atoms with Gasteiger partial charge < -0.3 is 24.6 Å². The molecular formula is C24H28ClN3O4S. The Morgan fingerprint density at radius 3 is 2.42 bits per heavy atom. The van der Waals surface area contributed by atoms with Gasteiger partial charge in [-0.1, -0.05) is 11.6 Å². The zero-order valence-electron chi connectivity index (χ0n) is 18.8. The Balaban J connectivity index is 1.33. The summed E-state index contributed by atoms with van der Waals surface area (Å²) in [5.41, 5.74) is 1.62. The third kappa shape index (κ3) is 5.28. The number of rotatable bonds is 5. The number of carbonyl (C=O) groups is 2. The Morgan fingerprint density at radius 1 is 1.09 bits per heavy atom. The molecule has 3 heterocycles. The number of halogens is 1. The molecule has 0 bridgehead atoms. The minimum Gasteiger partial charge on any atom is -0.495 e. The third-order valence-electron chi connectivity index (χ3n) is 6.54. The topological polar surface area (TPSA) is 71.1 Å². The molecule has 2 fully saturated rings. The molecule has 9 heteroatoms. The van der Waals surface area contributed by atoms with Crippen LogP contribution < -0.4 is 14.8 Å². The summed E-state index contributed by atoms with van der Waals surface area (Å²) in [6.45, 7) is 2.79. The first kappa shape index (κ1) is 23.4. The number of nitrogens with one attached hydrogen (secondary N) is 1. The molecule has 33 heavy (non-hydrogen) atoms. The normalized spacial score (nSPS) is 17.5. The van der Waals surface area contributed by atoms with Crippen LogP contribution in [0.2, 0.25) is 5.02 Å². The van der Waals surface area contributed by atoms with Crippen LogP contribution in [0.1, 0.15) is 24.8 Å². The second kappa shape index (κ2) is 10.1. The highest BCUT2D eigenvalue weighted by atomic mass is 35.5. The first-order valence-corrected chi connectivity index (χ1v) is 12.2. The molecule has 2 aliphatic rings. The fourth-order valence-corrected chi connectivity index (χ4v) is 5.38. The second-order valence-electron chi connectivity index (χ2n) is 8.50. The van der Waals surface area contributed by atoms with Crippen molar-refractivity contribution in [2.75, 3.05) is 45.7 Å². The Kier molecular flexibility index (Phi) is 7.14. The van der Waals surface area contributed by atoms with Gasteiger partial charge in [-0.3, -0.25) is 4.79 Å². The fourth-order valence-electron chi connectivity index (χ4n) is 4.51. The standard InChI is InChI=1S/C24H28ClN3O4S/c1-31-20-14-21(32-2)19(13-18(20)25)26-23(30)28-11-8-24(16-28)6-9-27(10-7-24)22(29)4-3-17-5-12-33-15-17/h3-5,12-15H,6-11,16H2,1-2H3,(H,26,30)/b4-3+. The van der Waals surface area contributed by atoms with Crippen molar-refractivity contribution in [1.29, 1.82) is 0 Å². The van der Waals surface area contributed by atoms with E-state index in [4.69, 9.17) is 21.1 Å². The average Bonchev–Trinajstić information content (AvgIpc) is 3.49. The summed E-state index contributed by atoms with van der Waals surface area (Å²) in [5.74, 6) is 1.02. The summed E-state index contributed by atoms with van der Waals surface area (Å²) < 4.78 is 10.6. The van der Waals surface area contributed by atoms with Gasteiger partial charge >= 0.3 is 6.03 Å². The fraction of sp³-hybridized carbons (Fsp3) is 0.417. The molecule has 1 N–H and O–H groups in total. The predicted molar refractivity (Wildman–Crippen MR) is 131 cm³/mol. The number of anilines is 1. The van der Waals surface area contributed by atoms with E-state index in [2.05, 4.69) is 5.32 Å². The van der Waals surface area contributed by atoms with Gasteiger partial charge in [-0.25, -0.2) is 4.79 Å². The van der Waals surface area contributed by atoms with Crippen molar-refractivity contribution in [2.45, 2.75) is 19.3 Å². The van der Waals surface area contributed by atoms with Crippen molar-refractivity contribution in [3.63, 3.8) is 0 Å². The average molecular weight is 490 g/mol. The Bertz CT molecular complexity index is 1030. The van der Waals surface area contributed by atoms with E-state index in [1.165, 1.54) is 14.2 Å². The molecule has 0 aliphatic carbocycles. The summed E-state index contributed by atoms with van der Waals surface area (Å²) >= 11 is 7.84. The van der Waals surface area contributed by atoms with Crippen LogP contribution in [-0.4, -0.2) is 62.1 Å². The monoisotopic (exact) mass is 489 g/mol. The molecule has 1 aromatic carbocycles. The van der Waals surface area contributed by atoms with Gasteiger partial charge in [-0.15, -0.1) is 0 Å². The lowest BCUT2D eigenvalue weighted by molar-refractivity contribution is -0.128. The maximum Gasteiger partial charge on any atom is 0.321 e. The number of ether oxygens (including phenoxy) is 2. The molecule has 1 spiro atoms. The second-order valence-corrected chi connectivity index (χ2v) is 9.69. The summed E-state index contributed by atoms with van der Waals surface area (Å²) in [6.07, 6.45) is 6.25. The number of nitrogens with zero attached hydrogens (tertiary/aromatic N) is 2.